The van der Waals surface area contributed by atoms with Crippen molar-refractivity contribution < 1.29 is 4.42 Å². The van der Waals surface area contributed by atoms with E-state index in [4.69, 9.17) is 9.68 Å². The lowest BCUT2D eigenvalue weighted by molar-refractivity contribution is 0.454. The van der Waals surface area contributed by atoms with Crippen molar-refractivity contribution in [2.75, 3.05) is 0 Å². The van der Waals surface area contributed by atoms with Crippen LogP contribution in [0.5, 0.6) is 0 Å². The molecule has 0 aromatic carbocycles. The Morgan fingerprint density at radius 2 is 2.29 bits per heavy atom. The van der Waals surface area contributed by atoms with Crippen LogP contribution in [0.25, 0.3) is 0 Å². The largest absolute Gasteiger partial charge is 0.440 e. The Morgan fingerprint density at radius 1 is 1.36 bits per heavy atom. The molecule has 0 saturated carbocycles. The number of hydrogen-bond acceptors (Lipinski definition) is 5. The zero-order chi connectivity index (χ0) is 9.80. The number of nitriles is 1. The van der Waals surface area contributed by atoms with Crippen molar-refractivity contribution in [3.05, 3.63) is 36.5 Å². The Kier molecular flexibility index (Phi) is 2.47. The molecule has 5 heteroatoms. The maximum absolute atomic E-state index is 8.77. The highest BCUT2D eigenvalue weighted by atomic mass is 32.2. The van der Waals surface area contributed by atoms with Crippen molar-refractivity contribution in [3.63, 3.8) is 0 Å². The third-order valence-corrected chi connectivity index (χ3v) is 2.41. The van der Waals surface area contributed by atoms with Crippen LogP contribution in [-0.2, 0) is 0 Å². The van der Waals surface area contributed by atoms with Crippen LogP contribution in [0.1, 0.15) is 5.69 Å². The topological polar surface area (TPSA) is 62.7 Å². The van der Waals surface area contributed by atoms with Crippen LogP contribution in [0.4, 0.5) is 0 Å². The SMILES string of the molecule is N#Cc1ncccc1Sc1ncco1. The molecule has 2 heterocycles. The van der Waals surface area contributed by atoms with Gasteiger partial charge in [0.25, 0.3) is 5.22 Å². The molecule has 2 aromatic heterocycles. The second-order valence-electron chi connectivity index (χ2n) is 2.36. The average molecular weight is 203 g/mol. The van der Waals surface area contributed by atoms with E-state index in [-0.39, 0.29) is 0 Å². The van der Waals surface area contributed by atoms with Crippen LogP contribution < -0.4 is 0 Å². The van der Waals surface area contributed by atoms with Crippen LogP contribution in [0.2, 0.25) is 0 Å². The predicted octanol–water partition coefficient (Wildman–Crippen LogP) is 2.09. The second-order valence-corrected chi connectivity index (χ2v) is 3.36. The van der Waals surface area contributed by atoms with E-state index in [0.29, 0.717) is 10.9 Å². The minimum absolute atomic E-state index is 0.385. The first kappa shape index (κ1) is 8.78. The van der Waals surface area contributed by atoms with Crippen LogP contribution in [0.15, 0.2) is 45.3 Å². The molecular weight excluding hydrogens is 198 g/mol. The lowest BCUT2D eigenvalue weighted by atomic mass is 10.4. The maximum atomic E-state index is 8.77. The lowest BCUT2D eigenvalue weighted by Gasteiger charge is -1.97. The summed E-state index contributed by atoms with van der Waals surface area (Å²) in [6.45, 7) is 0. The van der Waals surface area contributed by atoms with E-state index in [2.05, 4.69) is 9.97 Å². The van der Waals surface area contributed by atoms with Crippen LogP contribution in [0, 0.1) is 11.3 Å². The summed E-state index contributed by atoms with van der Waals surface area (Å²) < 4.78 is 5.05. The predicted molar refractivity (Wildman–Crippen MR) is 49.6 cm³/mol. The average Bonchev–Trinajstić information content (AvgIpc) is 2.71. The standard InChI is InChI=1S/C9H5N3OS/c10-6-7-8(2-1-3-11-7)14-9-12-4-5-13-9/h1-5H. The summed E-state index contributed by atoms with van der Waals surface area (Å²) in [6, 6.07) is 5.58. The van der Waals surface area contributed by atoms with E-state index in [1.54, 1.807) is 24.5 Å². The molecule has 0 saturated heterocycles. The summed E-state index contributed by atoms with van der Waals surface area (Å²) >= 11 is 1.28. The first-order chi connectivity index (χ1) is 6.90. The van der Waals surface area contributed by atoms with Gasteiger partial charge in [-0.3, -0.25) is 0 Å². The summed E-state index contributed by atoms with van der Waals surface area (Å²) in [7, 11) is 0. The van der Waals surface area contributed by atoms with E-state index in [1.165, 1.54) is 18.0 Å². The van der Waals surface area contributed by atoms with Gasteiger partial charge < -0.3 is 4.42 Å². The normalized spacial score (nSPS) is 9.64. The molecule has 0 atom stereocenters. The van der Waals surface area contributed by atoms with Gasteiger partial charge in [0.2, 0.25) is 0 Å². The van der Waals surface area contributed by atoms with Crippen LogP contribution in [0.3, 0.4) is 0 Å². The smallest absolute Gasteiger partial charge is 0.260 e. The quantitative estimate of drug-likeness (QED) is 0.747. The van der Waals surface area contributed by atoms with E-state index in [0.717, 1.165) is 4.90 Å². The third-order valence-electron chi connectivity index (χ3n) is 1.48. The Bertz CT molecular complexity index is 461. The Morgan fingerprint density at radius 3 is 3.00 bits per heavy atom. The Balaban J connectivity index is 2.30. The zero-order valence-electron chi connectivity index (χ0n) is 7.04. The summed E-state index contributed by atoms with van der Waals surface area (Å²) in [5, 5.41) is 9.28. The second kappa shape index (κ2) is 3.94. The van der Waals surface area contributed by atoms with Gasteiger partial charge in [-0.25, -0.2) is 9.97 Å². The number of hydrogen-bond donors (Lipinski definition) is 0. The summed E-state index contributed by atoms with van der Waals surface area (Å²) in [6.07, 6.45) is 4.63. The number of oxazole rings is 1. The monoisotopic (exact) mass is 203 g/mol. The first-order valence-corrected chi connectivity index (χ1v) is 4.64. The van der Waals surface area contributed by atoms with Crippen molar-refractivity contribution in [3.8, 4) is 6.07 Å². The van der Waals surface area contributed by atoms with E-state index >= 15 is 0 Å². The van der Waals surface area contributed by atoms with Gasteiger partial charge in [-0.2, -0.15) is 5.26 Å². The number of rotatable bonds is 2. The molecule has 68 valence electrons. The molecule has 0 fully saturated rings. The van der Waals surface area contributed by atoms with Crippen LogP contribution >= 0.6 is 11.8 Å². The van der Waals surface area contributed by atoms with Crippen LogP contribution in [-0.4, -0.2) is 9.97 Å². The van der Waals surface area contributed by atoms with Gasteiger partial charge in [-0.05, 0) is 23.9 Å². The number of pyridine rings is 1. The summed E-state index contributed by atoms with van der Waals surface area (Å²) in [4.78, 5) is 8.62. The lowest BCUT2D eigenvalue weighted by Crippen LogP contribution is -1.84. The highest BCUT2D eigenvalue weighted by Crippen LogP contribution is 2.27. The van der Waals surface area contributed by atoms with E-state index in [1.807, 2.05) is 6.07 Å². The fourth-order valence-electron chi connectivity index (χ4n) is 0.912. The molecule has 0 radical (unpaired) electrons. The van der Waals surface area contributed by atoms with Gasteiger partial charge >= 0.3 is 0 Å². The molecule has 0 aliphatic rings. The van der Waals surface area contributed by atoms with Crippen molar-refractivity contribution in [2.24, 2.45) is 0 Å². The van der Waals surface area contributed by atoms with Crippen molar-refractivity contribution in [1.29, 1.82) is 5.26 Å². The molecule has 14 heavy (non-hydrogen) atoms. The minimum atomic E-state index is 0.385. The molecule has 2 rings (SSSR count). The van der Waals surface area contributed by atoms with Gasteiger partial charge in [0.15, 0.2) is 5.69 Å². The molecule has 0 bridgehead atoms. The Hall–Kier alpha value is -1.80. The van der Waals surface area contributed by atoms with Gasteiger partial charge in [0.1, 0.15) is 12.3 Å². The molecular formula is C9H5N3OS. The summed E-state index contributed by atoms with van der Waals surface area (Å²) in [5.41, 5.74) is 0.385. The molecule has 0 unspecified atom stereocenters. The van der Waals surface area contributed by atoms with E-state index in [9.17, 15) is 0 Å². The fraction of sp³-hybridized carbons (Fsp3) is 0. The molecule has 0 N–H and O–H groups in total. The van der Waals surface area contributed by atoms with Gasteiger partial charge in [-0.15, -0.1) is 0 Å². The highest BCUT2D eigenvalue weighted by molar-refractivity contribution is 7.99. The summed E-state index contributed by atoms with van der Waals surface area (Å²) in [5.74, 6) is 0. The molecule has 0 amide bonds. The fourth-order valence-corrected chi connectivity index (χ4v) is 1.66. The van der Waals surface area contributed by atoms with Crippen molar-refractivity contribution in [1.82, 2.24) is 9.97 Å². The van der Waals surface area contributed by atoms with E-state index < -0.39 is 0 Å². The Labute approximate surface area is 84.6 Å². The third kappa shape index (κ3) is 1.75. The van der Waals surface area contributed by atoms with Gasteiger partial charge in [0.05, 0.1) is 11.1 Å². The first-order valence-electron chi connectivity index (χ1n) is 3.82. The molecule has 0 aliphatic carbocycles. The van der Waals surface area contributed by atoms with Gasteiger partial charge in [0, 0.05) is 6.20 Å². The van der Waals surface area contributed by atoms with Crippen molar-refractivity contribution >= 4 is 11.8 Å². The zero-order valence-corrected chi connectivity index (χ0v) is 7.86. The highest BCUT2D eigenvalue weighted by Gasteiger charge is 2.06. The number of aromatic nitrogens is 2. The molecule has 0 spiro atoms. The molecule has 2 aromatic rings. The van der Waals surface area contributed by atoms with Gasteiger partial charge in [-0.1, -0.05) is 0 Å². The number of nitrogens with zero attached hydrogens (tertiary/aromatic N) is 3. The maximum Gasteiger partial charge on any atom is 0.260 e. The van der Waals surface area contributed by atoms with Crippen molar-refractivity contribution in [2.45, 2.75) is 10.1 Å². The molecule has 0 aliphatic heterocycles. The molecule has 4 nitrogen and oxygen atoms in total. The minimum Gasteiger partial charge on any atom is -0.440 e.